The predicted molar refractivity (Wildman–Crippen MR) is 68.5 cm³/mol. The van der Waals surface area contributed by atoms with Crippen LogP contribution < -0.4 is 0 Å². The van der Waals surface area contributed by atoms with Gasteiger partial charge < -0.3 is 0 Å². The molecule has 2 aromatic carbocycles. The van der Waals surface area contributed by atoms with E-state index in [1.807, 2.05) is 0 Å². The van der Waals surface area contributed by atoms with E-state index in [1.54, 1.807) is 24.3 Å². The van der Waals surface area contributed by atoms with Crippen LogP contribution in [0.25, 0.3) is 0 Å². The summed E-state index contributed by atoms with van der Waals surface area (Å²) in [6.07, 6.45) is -0.146. The zero-order valence-corrected chi connectivity index (χ0v) is 11.2. The number of Topliss-reactive ketones (excluding diaryl/α,β-unsaturated/α-hetero) is 1. The van der Waals surface area contributed by atoms with Crippen LogP contribution in [0.5, 0.6) is 0 Å². The molecular weight excluding hydrogens is 321 g/mol. The van der Waals surface area contributed by atoms with Gasteiger partial charge >= 0.3 is 0 Å². The lowest BCUT2D eigenvalue weighted by Gasteiger charge is -2.05. The highest BCUT2D eigenvalue weighted by Crippen LogP contribution is 2.18. The van der Waals surface area contributed by atoms with E-state index in [0.29, 0.717) is 17.7 Å². The van der Waals surface area contributed by atoms with Gasteiger partial charge in [-0.05, 0) is 17.7 Å². The van der Waals surface area contributed by atoms with Crippen LogP contribution in [-0.4, -0.2) is 5.78 Å². The molecule has 98 valence electrons. The summed E-state index contributed by atoms with van der Waals surface area (Å²) < 4.78 is 40.4. The fourth-order valence-corrected chi connectivity index (χ4v) is 1.95. The van der Waals surface area contributed by atoms with Crippen molar-refractivity contribution in [2.45, 2.75) is 6.42 Å². The van der Waals surface area contributed by atoms with Crippen molar-refractivity contribution in [3.8, 4) is 0 Å². The summed E-state index contributed by atoms with van der Waals surface area (Å²) >= 11 is 3.24. The zero-order valence-electron chi connectivity index (χ0n) is 9.59. The molecule has 0 heterocycles. The molecule has 0 aliphatic heterocycles. The third kappa shape index (κ3) is 3.23. The fourth-order valence-electron chi connectivity index (χ4n) is 1.68. The summed E-state index contributed by atoms with van der Waals surface area (Å²) in [5, 5.41) is 0. The second kappa shape index (κ2) is 5.57. The van der Waals surface area contributed by atoms with Crippen LogP contribution in [0.3, 0.4) is 0 Å². The number of hydrogen-bond acceptors (Lipinski definition) is 1. The van der Waals surface area contributed by atoms with Crippen molar-refractivity contribution in [1.29, 1.82) is 0 Å². The highest BCUT2D eigenvalue weighted by molar-refractivity contribution is 9.10. The molecular formula is C14H8BrF3O. The average Bonchev–Trinajstić information content (AvgIpc) is 2.30. The molecule has 0 aliphatic rings. The van der Waals surface area contributed by atoms with Gasteiger partial charge in [0.25, 0.3) is 0 Å². The van der Waals surface area contributed by atoms with Crippen LogP contribution in [0.4, 0.5) is 13.2 Å². The number of halogens is 4. The molecule has 0 saturated carbocycles. The van der Waals surface area contributed by atoms with Crippen LogP contribution in [0.15, 0.2) is 40.9 Å². The molecule has 0 aromatic heterocycles. The van der Waals surface area contributed by atoms with Crippen molar-refractivity contribution in [2.75, 3.05) is 0 Å². The Morgan fingerprint density at radius 2 is 1.53 bits per heavy atom. The summed E-state index contributed by atoms with van der Waals surface area (Å²) in [5.74, 6) is -4.13. The number of carbonyl (C=O) groups excluding carboxylic acids is 1. The van der Waals surface area contributed by atoms with E-state index in [1.165, 1.54) is 0 Å². The summed E-state index contributed by atoms with van der Waals surface area (Å²) in [6, 6.07) is 7.78. The van der Waals surface area contributed by atoms with Gasteiger partial charge in [-0.15, -0.1) is 0 Å². The van der Waals surface area contributed by atoms with Gasteiger partial charge in [-0.2, -0.15) is 0 Å². The standard InChI is InChI=1S/C14H8BrF3O/c15-9-3-1-8(2-4-9)5-13(19)14-11(17)6-10(16)7-12(14)18/h1-4,6-7H,5H2. The van der Waals surface area contributed by atoms with Gasteiger partial charge in [0.1, 0.15) is 17.5 Å². The first kappa shape index (κ1) is 13.8. The number of rotatable bonds is 3. The van der Waals surface area contributed by atoms with Gasteiger partial charge in [-0.1, -0.05) is 28.1 Å². The predicted octanol–water partition coefficient (Wildman–Crippen LogP) is 4.29. The Labute approximate surface area is 116 Å². The second-order valence-corrected chi connectivity index (χ2v) is 4.89. The Balaban J connectivity index is 2.28. The van der Waals surface area contributed by atoms with Crippen molar-refractivity contribution in [3.05, 3.63) is 69.4 Å². The number of hydrogen-bond donors (Lipinski definition) is 0. The van der Waals surface area contributed by atoms with Gasteiger partial charge in [0.15, 0.2) is 5.78 Å². The molecule has 0 saturated heterocycles. The van der Waals surface area contributed by atoms with Crippen LogP contribution in [-0.2, 0) is 6.42 Å². The third-order valence-corrected chi connectivity index (χ3v) is 3.09. The molecule has 0 amide bonds. The van der Waals surface area contributed by atoms with Crippen LogP contribution in [0, 0.1) is 17.5 Å². The molecule has 5 heteroatoms. The molecule has 0 aliphatic carbocycles. The maximum absolute atomic E-state index is 13.4. The van der Waals surface area contributed by atoms with Crippen molar-refractivity contribution >= 4 is 21.7 Å². The van der Waals surface area contributed by atoms with Crippen LogP contribution in [0.2, 0.25) is 0 Å². The minimum atomic E-state index is -1.18. The normalized spacial score (nSPS) is 10.5. The number of carbonyl (C=O) groups is 1. The Morgan fingerprint density at radius 1 is 1.00 bits per heavy atom. The quantitative estimate of drug-likeness (QED) is 0.768. The molecule has 0 spiro atoms. The molecule has 0 unspecified atom stereocenters. The molecule has 1 nitrogen and oxygen atoms in total. The van der Waals surface area contributed by atoms with Crippen molar-refractivity contribution < 1.29 is 18.0 Å². The topological polar surface area (TPSA) is 17.1 Å². The highest BCUT2D eigenvalue weighted by Gasteiger charge is 2.19. The lowest BCUT2D eigenvalue weighted by atomic mass is 10.0. The largest absolute Gasteiger partial charge is 0.294 e. The molecule has 2 rings (SSSR count). The highest BCUT2D eigenvalue weighted by atomic mass is 79.9. The Hall–Kier alpha value is -1.62. The summed E-state index contributed by atoms with van der Waals surface area (Å²) in [7, 11) is 0. The van der Waals surface area contributed by atoms with Crippen LogP contribution >= 0.6 is 15.9 Å². The molecule has 0 N–H and O–H groups in total. The lowest BCUT2D eigenvalue weighted by molar-refractivity contribution is 0.0984. The molecule has 0 atom stereocenters. The van der Waals surface area contributed by atoms with E-state index in [0.717, 1.165) is 4.47 Å². The van der Waals surface area contributed by atoms with E-state index < -0.39 is 28.8 Å². The molecule has 2 aromatic rings. The third-order valence-electron chi connectivity index (χ3n) is 2.56. The summed E-state index contributed by atoms with van der Waals surface area (Å²) in [5.41, 5.74) is -0.0827. The average molecular weight is 329 g/mol. The first-order chi connectivity index (χ1) is 8.97. The monoisotopic (exact) mass is 328 g/mol. The zero-order chi connectivity index (χ0) is 14.0. The molecule has 0 bridgehead atoms. The maximum Gasteiger partial charge on any atom is 0.173 e. The Kier molecular flexibility index (Phi) is 4.04. The van der Waals surface area contributed by atoms with Crippen LogP contribution in [0.1, 0.15) is 15.9 Å². The molecule has 0 radical (unpaired) electrons. The molecule has 0 fully saturated rings. The van der Waals surface area contributed by atoms with E-state index >= 15 is 0 Å². The van der Waals surface area contributed by atoms with Gasteiger partial charge in [0, 0.05) is 23.0 Å². The SMILES string of the molecule is O=C(Cc1ccc(Br)cc1)c1c(F)cc(F)cc1F. The van der Waals surface area contributed by atoms with Gasteiger partial charge in [-0.3, -0.25) is 4.79 Å². The van der Waals surface area contributed by atoms with Gasteiger partial charge in [0.2, 0.25) is 0 Å². The lowest BCUT2D eigenvalue weighted by Crippen LogP contribution is -2.09. The first-order valence-corrected chi connectivity index (χ1v) is 6.19. The van der Waals surface area contributed by atoms with Crippen molar-refractivity contribution in [2.24, 2.45) is 0 Å². The van der Waals surface area contributed by atoms with Crippen molar-refractivity contribution in [3.63, 3.8) is 0 Å². The smallest absolute Gasteiger partial charge is 0.173 e. The van der Waals surface area contributed by atoms with E-state index in [9.17, 15) is 18.0 Å². The Bertz CT molecular complexity index is 600. The van der Waals surface area contributed by atoms with E-state index in [-0.39, 0.29) is 6.42 Å². The van der Waals surface area contributed by atoms with E-state index in [2.05, 4.69) is 15.9 Å². The minimum Gasteiger partial charge on any atom is -0.294 e. The first-order valence-electron chi connectivity index (χ1n) is 5.39. The fraction of sp³-hybridized carbons (Fsp3) is 0.0714. The Morgan fingerprint density at radius 3 is 2.05 bits per heavy atom. The minimum absolute atomic E-state index is 0.146. The van der Waals surface area contributed by atoms with Gasteiger partial charge in [-0.25, -0.2) is 13.2 Å². The summed E-state index contributed by atoms with van der Waals surface area (Å²) in [6.45, 7) is 0. The van der Waals surface area contributed by atoms with E-state index in [4.69, 9.17) is 0 Å². The second-order valence-electron chi connectivity index (χ2n) is 3.97. The summed E-state index contributed by atoms with van der Waals surface area (Å²) in [4.78, 5) is 11.8. The number of ketones is 1. The van der Waals surface area contributed by atoms with Crippen molar-refractivity contribution in [1.82, 2.24) is 0 Å². The number of benzene rings is 2. The van der Waals surface area contributed by atoms with Gasteiger partial charge in [0.05, 0.1) is 5.56 Å². The molecule has 19 heavy (non-hydrogen) atoms. The maximum atomic E-state index is 13.4.